The standard InChI is InChI=1S/C13H19N3O3S2/c1-4-10-16(9(6-20-10)12(17)18)13(19)15-8(3)11-14-7(2)5-21-11/h5,8-10H,4,6H2,1-3H3,(H,15,19)(H,17,18). The number of aromatic nitrogens is 1. The third-order valence-electron chi connectivity index (χ3n) is 3.31. The van der Waals surface area contributed by atoms with Gasteiger partial charge >= 0.3 is 12.0 Å². The second-order valence-electron chi connectivity index (χ2n) is 4.96. The van der Waals surface area contributed by atoms with Crippen molar-refractivity contribution in [3.63, 3.8) is 0 Å². The van der Waals surface area contributed by atoms with Gasteiger partial charge in [0.15, 0.2) is 0 Å². The lowest BCUT2D eigenvalue weighted by Gasteiger charge is -2.28. The molecule has 0 aliphatic carbocycles. The first-order valence-electron chi connectivity index (χ1n) is 6.79. The van der Waals surface area contributed by atoms with Crippen molar-refractivity contribution in [2.45, 2.75) is 44.6 Å². The molecule has 2 amide bonds. The largest absolute Gasteiger partial charge is 0.480 e. The molecule has 0 radical (unpaired) electrons. The van der Waals surface area contributed by atoms with Crippen LogP contribution in [0.5, 0.6) is 0 Å². The van der Waals surface area contributed by atoms with Crippen LogP contribution < -0.4 is 5.32 Å². The van der Waals surface area contributed by atoms with Crippen molar-refractivity contribution in [2.24, 2.45) is 0 Å². The van der Waals surface area contributed by atoms with Gasteiger partial charge in [-0.3, -0.25) is 4.90 Å². The smallest absolute Gasteiger partial charge is 0.327 e. The van der Waals surface area contributed by atoms with E-state index in [1.165, 1.54) is 28.0 Å². The lowest BCUT2D eigenvalue weighted by molar-refractivity contribution is -0.141. The Morgan fingerprint density at radius 1 is 1.62 bits per heavy atom. The van der Waals surface area contributed by atoms with Crippen LogP contribution in [0, 0.1) is 6.92 Å². The molecule has 1 aromatic heterocycles. The van der Waals surface area contributed by atoms with Gasteiger partial charge in [-0.1, -0.05) is 6.92 Å². The van der Waals surface area contributed by atoms with Crippen LogP contribution in [0.25, 0.3) is 0 Å². The number of carbonyl (C=O) groups excluding carboxylic acids is 1. The molecule has 1 aromatic rings. The molecule has 1 aliphatic rings. The molecule has 1 fully saturated rings. The number of aliphatic carboxylic acids is 1. The number of amides is 2. The number of nitrogens with zero attached hydrogens (tertiary/aromatic N) is 2. The van der Waals surface area contributed by atoms with Crippen molar-refractivity contribution in [3.8, 4) is 0 Å². The lowest BCUT2D eigenvalue weighted by atomic mass is 10.2. The molecule has 21 heavy (non-hydrogen) atoms. The van der Waals surface area contributed by atoms with Crippen LogP contribution in [-0.4, -0.2) is 44.2 Å². The molecule has 1 saturated heterocycles. The number of carboxylic acid groups (broad SMARTS) is 1. The quantitative estimate of drug-likeness (QED) is 0.886. The average molecular weight is 329 g/mol. The van der Waals surface area contributed by atoms with E-state index in [0.717, 1.165) is 17.1 Å². The summed E-state index contributed by atoms with van der Waals surface area (Å²) in [7, 11) is 0. The number of nitrogens with one attached hydrogen (secondary N) is 1. The molecule has 0 bridgehead atoms. The Kier molecular flexibility index (Phi) is 5.10. The van der Waals surface area contributed by atoms with Crippen molar-refractivity contribution in [1.82, 2.24) is 15.2 Å². The van der Waals surface area contributed by atoms with Crippen LogP contribution >= 0.6 is 23.1 Å². The number of hydrogen-bond acceptors (Lipinski definition) is 5. The Hall–Kier alpha value is -1.28. The van der Waals surface area contributed by atoms with Crippen LogP contribution in [0.3, 0.4) is 0 Å². The molecule has 0 saturated carbocycles. The first-order chi connectivity index (χ1) is 9.93. The molecular weight excluding hydrogens is 310 g/mol. The number of thiazole rings is 1. The maximum atomic E-state index is 12.4. The van der Waals surface area contributed by atoms with E-state index >= 15 is 0 Å². The van der Waals surface area contributed by atoms with Gasteiger partial charge in [-0.2, -0.15) is 0 Å². The summed E-state index contributed by atoms with van der Waals surface area (Å²) >= 11 is 3.00. The van der Waals surface area contributed by atoms with Gasteiger partial charge in [0.25, 0.3) is 0 Å². The molecule has 2 N–H and O–H groups in total. The molecule has 0 aromatic carbocycles. The highest BCUT2D eigenvalue weighted by Crippen LogP contribution is 2.31. The molecule has 8 heteroatoms. The minimum Gasteiger partial charge on any atom is -0.480 e. The zero-order chi connectivity index (χ0) is 15.6. The van der Waals surface area contributed by atoms with Gasteiger partial charge in [0.05, 0.1) is 11.4 Å². The number of thioether (sulfide) groups is 1. The van der Waals surface area contributed by atoms with Gasteiger partial charge < -0.3 is 10.4 Å². The maximum absolute atomic E-state index is 12.4. The number of carboxylic acids is 1. The number of aryl methyl sites for hydroxylation is 1. The van der Waals surface area contributed by atoms with E-state index in [9.17, 15) is 14.7 Å². The number of hydrogen-bond donors (Lipinski definition) is 2. The second kappa shape index (κ2) is 6.65. The predicted octanol–water partition coefficient (Wildman–Crippen LogP) is 2.46. The second-order valence-corrected chi connectivity index (χ2v) is 7.06. The Labute approximate surface area is 131 Å². The van der Waals surface area contributed by atoms with Gasteiger partial charge in [0.1, 0.15) is 11.0 Å². The van der Waals surface area contributed by atoms with Crippen molar-refractivity contribution in [1.29, 1.82) is 0 Å². The Morgan fingerprint density at radius 2 is 2.33 bits per heavy atom. The first kappa shape index (κ1) is 16.1. The Bertz CT molecular complexity index is 534. The van der Waals surface area contributed by atoms with Crippen LogP contribution in [-0.2, 0) is 4.79 Å². The summed E-state index contributed by atoms with van der Waals surface area (Å²) < 4.78 is 0. The number of urea groups is 1. The van der Waals surface area contributed by atoms with E-state index in [-0.39, 0.29) is 17.4 Å². The van der Waals surface area contributed by atoms with Gasteiger partial charge in [-0.05, 0) is 20.3 Å². The van der Waals surface area contributed by atoms with Crippen molar-refractivity contribution in [3.05, 3.63) is 16.1 Å². The first-order valence-corrected chi connectivity index (χ1v) is 8.72. The zero-order valence-corrected chi connectivity index (χ0v) is 13.8. The van der Waals surface area contributed by atoms with Crippen LogP contribution in [0.4, 0.5) is 4.79 Å². The molecule has 116 valence electrons. The summed E-state index contributed by atoms with van der Waals surface area (Å²) in [5.74, 6) is -0.516. The summed E-state index contributed by atoms with van der Waals surface area (Å²) in [6.07, 6.45) is 0.729. The van der Waals surface area contributed by atoms with E-state index in [0.29, 0.717) is 5.75 Å². The minimum atomic E-state index is -0.952. The van der Waals surface area contributed by atoms with Gasteiger partial charge in [-0.15, -0.1) is 23.1 Å². The van der Waals surface area contributed by atoms with E-state index in [4.69, 9.17) is 0 Å². The highest BCUT2D eigenvalue weighted by Gasteiger charge is 2.41. The van der Waals surface area contributed by atoms with Crippen molar-refractivity contribution < 1.29 is 14.7 Å². The monoisotopic (exact) mass is 329 g/mol. The molecule has 3 atom stereocenters. The fourth-order valence-corrected chi connectivity index (χ4v) is 4.38. The lowest BCUT2D eigenvalue weighted by Crippen LogP contribution is -2.50. The fraction of sp³-hybridized carbons (Fsp3) is 0.615. The molecule has 0 spiro atoms. The molecule has 1 aliphatic heterocycles. The van der Waals surface area contributed by atoms with Crippen LogP contribution in [0.1, 0.15) is 37.0 Å². The topological polar surface area (TPSA) is 82.5 Å². The summed E-state index contributed by atoms with van der Waals surface area (Å²) in [5, 5.41) is 14.8. The van der Waals surface area contributed by atoms with E-state index in [1.54, 1.807) is 0 Å². The van der Waals surface area contributed by atoms with E-state index in [1.807, 2.05) is 26.2 Å². The van der Waals surface area contributed by atoms with E-state index in [2.05, 4.69) is 10.3 Å². The van der Waals surface area contributed by atoms with Crippen molar-refractivity contribution in [2.75, 3.05) is 5.75 Å². The molecule has 6 nitrogen and oxygen atoms in total. The predicted molar refractivity (Wildman–Crippen MR) is 83.6 cm³/mol. The zero-order valence-electron chi connectivity index (χ0n) is 12.2. The molecular formula is C13H19N3O3S2. The highest BCUT2D eigenvalue weighted by molar-refractivity contribution is 8.00. The average Bonchev–Trinajstić information content (AvgIpc) is 3.03. The van der Waals surface area contributed by atoms with Gasteiger partial charge in [-0.25, -0.2) is 14.6 Å². The van der Waals surface area contributed by atoms with Crippen LogP contribution in [0.15, 0.2) is 5.38 Å². The SMILES string of the molecule is CCC1SCC(C(=O)O)N1C(=O)NC(C)c1nc(C)cs1. The summed E-state index contributed by atoms with van der Waals surface area (Å²) in [6.45, 7) is 5.71. The normalized spacial score (nSPS) is 23.1. The highest BCUT2D eigenvalue weighted by atomic mass is 32.2. The third-order valence-corrected chi connectivity index (χ3v) is 5.91. The minimum absolute atomic E-state index is 0.0867. The fourth-order valence-electron chi connectivity index (χ4n) is 2.23. The maximum Gasteiger partial charge on any atom is 0.327 e. The van der Waals surface area contributed by atoms with E-state index < -0.39 is 12.0 Å². The number of carbonyl (C=O) groups is 2. The summed E-state index contributed by atoms with van der Waals surface area (Å²) in [6, 6.07) is -1.32. The molecule has 2 heterocycles. The summed E-state index contributed by atoms with van der Waals surface area (Å²) in [5.41, 5.74) is 0.919. The van der Waals surface area contributed by atoms with Crippen LogP contribution in [0.2, 0.25) is 0 Å². The Balaban J connectivity index is 2.08. The number of rotatable bonds is 4. The Morgan fingerprint density at radius 3 is 2.86 bits per heavy atom. The van der Waals surface area contributed by atoms with Crippen molar-refractivity contribution >= 4 is 35.1 Å². The molecule has 2 rings (SSSR count). The van der Waals surface area contributed by atoms with Gasteiger partial charge in [0.2, 0.25) is 0 Å². The molecule has 3 unspecified atom stereocenters. The van der Waals surface area contributed by atoms with Gasteiger partial charge in [0, 0.05) is 16.8 Å². The third kappa shape index (κ3) is 3.49. The summed E-state index contributed by atoms with van der Waals surface area (Å²) in [4.78, 5) is 29.5.